The smallest absolute Gasteiger partial charge is 0.240 e. The molecule has 4 heteroatoms. The van der Waals surface area contributed by atoms with Crippen LogP contribution in [0.25, 0.3) is 0 Å². The average Bonchev–Trinajstić information content (AvgIpc) is 3.02. The SMILES string of the molecule is CC[C@H](C)[C@H](N)C(=O)N1CCCC1c1cccc(OC)c1. The molecule has 2 N–H and O–H groups in total. The molecule has 1 aromatic carbocycles. The second-order valence-electron chi connectivity index (χ2n) is 5.88. The first kappa shape index (κ1) is 15.8. The van der Waals surface area contributed by atoms with Gasteiger partial charge in [-0.15, -0.1) is 0 Å². The van der Waals surface area contributed by atoms with Gasteiger partial charge in [0.1, 0.15) is 5.75 Å². The van der Waals surface area contributed by atoms with Gasteiger partial charge in [-0.25, -0.2) is 0 Å². The number of likely N-dealkylation sites (tertiary alicyclic amines) is 1. The highest BCUT2D eigenvalue weighted by Gasteiger charge is 2.34. The van der Waals surface area contributed by atoms with E-state index >= 15 is 0 Å². The van der Waals surface area contributed by atoms with Crippen molar-refractivity contribution < 1.29 is 9.53 Å². The Morgan fingerprint density at radius 1 is 1.52 bits per heavy atom. The number of nitrogens with zero attached hydrogens (tertiary/aromatic N) is 1. The summed E-state index contributed by atoms with van der Waals surface area (Å²) in [6.45, 7) is 4.91. The third-order valence-corrected chi connectivity index (χ3v) is 4.56. The summed E-state index contributed by atoms with van der Waals surface area (Å²) >= 11 is 0. The second kappa shape index (κ2) is 6.94. The summed E-state index contributed by atoms with van der Waals surface area (Å²) < 4.78 is 5.29. The molecule has 0 aliphatic carbocycles. The number of rotatable bonds is 5. The van der Waals surface area contributed by atoms with Gasteiger partial charge in [0.25, 0.3) is 0 Å². The lowest BCUT2D eigenvalue weighted by molar-refractivity contribution is -0.134. The van der Waals surface area contributed by atoms with Crippen LogP contribution < -0.4 is 10.5 Å². The van der Waals surface area contributed by atoms with Crippen LogP contribution in [0, 0.1) is 5.92 Å². The maximum atomic E-state index is 12.7. The van der Waals surface area contributed by atoms with Crippen LogP contribution in [0.2, 0.25) is 0 Å². The highest BCUT2D eigenvalue weighted by Crippen LogP contribution is 2.34. The molecule has 1 aliphatic heterocycles. The molecule has 1 saturated heterocycles. The van der Waals surface area contributed by atoms with E-state index in [1.807, 2.05) is 30.0 Å². The Labute approximate surface area is 127 Å². The lowest BCUT2D eigenvalue weighted by atomic mass is 9.97. The van der Waals surface area contributed by atoms with Crippen LogP contribution in [0.1, 0.15) is 44.7 Å². The van der Waals surface area contributed by atoms with E-state index in [4.69, 9.17) is 10.5 Å². The van der Waals surface area contributed by atoms with Gasteiger partial charge >= 0.3 is 0 Å². The van der Waals surface area contributed by atoms with Crippen LogP contribution >= 0.6 is 0 Å². The number of benzene rings is 1. The molecule has 1 aromatic rings. The van der Waals surface area contributed by atoms with Crippen molar-refractivity contribution in [1.82, 2.24) is 4.90 Å². The van der Waals surface area contributed by atoms with Crippen molar-refractivity contribution in [2.24, 2.45) is 11.7 Å². The fraction of sp³-hybridized carbons (Fsp3) is 0.588. The van der Waals surface area contributed by atoms with Crippen molar-refractivity contribution in [2.75, 3.05) is 13.7 Å². The zero-order valence-electron chi connectivity index (χ0n) is 13.2. The van der Waals surface area contributed by atoms with E-state index in [9.17, 15) is 4.79 Å². The molecular formula is C17H26N2O2. The van der Waals surface area contributed by atoms with Crippen LogP contribution in [0.15, 0.2) is 24.3 Å². The van der Waals surface area contributed by atoms with Crippen LogP contribution in [0.4, 0.5) is 0 Å². The third kappa shape index (κ3) is 3.38. The summed E-state index contributed by atoms with van der Waals surface area (Å²) in [6.07, 6.45) is 2.94. The van der Waals surface area contributed by atoms with E-state index in [0.29, 0.717) is 0 Å². The van der Waals surface area contributed by atoms with Crippen LogP contribution in [0.3, 0.4) is 0 Å². The van der Waals surface area contributed by atoms with Gasteiger partial charge in [-0.3, -0.25) is 4.79 Å². The van der Waals surface area contributed by atoms with E-state index in [2.05, 4.69) is 13.0 Å². The lowest BCUT2D eigenvalue weighted by Crippen LogP contribution is -2.46. The number of ether oxygens (including phenoxy) is 1. The minimum Gasteiger partial charge on any atom is -0.497 e. The molecule has 3 atom stereocenters. The number of hydrogen-bond donors (Lipinski definition) is 1. The Bertz CT molecular complexity index is 489. The summed E-state index contributed by atoms with van der Waals surface area (Å²) in [6, 6.07) is 7.71. The molecule has 1 heterocycles. The van der Waals surface area contributed by atoms with Gasteiger partial charge in [-0.1, -0.05) is 32.4 Å². The van der Waals surface area contributed by atoms with E-state index in [-0.39, 0.29) is 17.9 Å². The molecule has 1 unspecified atom stereocenters. The van der Waals surface area contributed by atoms with Crippen LogP contribution in [0.5, 0.6) is 5.75 Å². The maximum Gasteiger partial charge on any atom is 0.240 e. The Kier molecular flexibility index (Phi) is 5.23. The minimum atomic E-state index is -0.402. The molecule has 0 bridgehead atoms. The zero-order valence-corrected chi connectivity index (χ0v) is 13.2. The first-order chi connectivity index (χ1) is 10.1. The predicted octanol–water partition coefficient (Wildman–Crippen LogP) is 2.73. The Hall–Kier alpha value is -1.55. The molecular weight excluding hydrogens is 264 g/mol. The van der Waals surface area contributed by atoms with Gasteiger partial charge < -0.3 is 15.4 Å². The highest BCUT2D eigenvalue weighted by molar-refractivity contribution is 5.82. The number of methoxy groups -OCH3 is 1. The number of nitrogens with two attached hydrogens (primary N) is 1. The molecule has 116 valence electrons. The van der Waals surface area contributed by atoms with Crippen molar-refractivity contribution in [1.29, 1.82) is 0 Å². The summed E-state index contributed by atoms with van der Waals surface area (Å²) in [4.78, 5) is 14.6. The number of carbonyl (C=O) groups is 1. The second-order valence-corrected chi connectivity index (χ2v) is 5.88. The predicted molar refractivity (Wildman–Crippen MR) is 84.1 cm³/mol. The van der Waals surface area contributed by atoms with Crippen LogP contribution in [-0.2, 0) is 4.79 Å². The number of amides is 1. The van der Waals surface area contributed by atoms with Crippen molar-refractivity contribution in [2.45, 2.75) is 45.2 Å². The van der Waals surface area contributed by atoms with Crippen molar-refractivity contribution >= 4 is 5.91 Å². The van der Waals surface area contributed by atoms with Crippen molar-refractivity contribution in [3.63, 3.8) is 0 Å². The van der Waals surface area contributed by atoms with Gasteiger partial charge in [-0.05, 0) is 36.5 Å². The summed E-state index contributed by atoms with van der Waals surface area (Å²) in [5.41, 5.74) is 7.27. The molecule has 4 nitrogen and oxygen atoms in total. The van der Waals surface area contributed by atoms with Crippen LogP contribution in [-0.4, -0.2) is 30.5 Å². The monoisotopic (exact) mass is 290 g/mol. The molecule has 1 fully saturated rings. The normalized spacial score (nSPS) is 21.1. The van der Waals surface area contributed by atoms with Gasteiger partial charge in [0, 0.05) is 6.54 Å². The summed E-state index contributed by atoms with van der Waals surface area (Å²) in [5.74, 6) is 1.12. The molecule has 21 heavy (non-hydrogen) atoms. The van der Waals surface area contributed by atoms with Crippen molar-refractivity contribution in [3.8, 4) is 5.75 Å². The first-order valence-electron chi connectivity index (χ1n) is 7.78. The number of hydrogen-bond acceptors (Lipinski definition) is 3. The maximum absolute atomic E-state index is 12.7. The van der Waals surface area contributed by atoms with Gasteiger partial charge in [-0.2, -0.15) is 0 Å². The molecule has 1 amide bonds. The highest BCUT2D eigenvalue weighted by atomic mass is 16.5. The molecule has 0 aromatic heterocycles. The number of carbonyl (C=O) groups excluding carboxylic acids is 1. The molecule has 2 rings (SSSR count). The third-order valence-electron chi connectivity index (χ3n) is 4.56. The standard InChI is InChI=1S/C17H26N2O2/c1-4-12(2)16(18)17(20)19-10-6-9-15(19)13-7-5-8-14(11-13)21-3/h5,7-8,11-12,15-16H,4,6,9-10,18H2,1-3H3/t12-,15?,16-/m0/s1. The zero-order chi connectivity index (χ0) is 15.4. The van der Waals surface area contributed by atoms with E-state index in [1.165, 1.54) is 0 Å². The lowest BCUT2D eigenvalue weighted by Gasteiger charge is -2.30. The topological polar surface area (TPSA) is 55.6 Å². The Morgan fingerprint density at radius 2 is 2.29 bits per heavy atom. The largest absolute Gasteiger partial charge is 0.497 e. The van der Waals surface area contributed by atoms with E-state index in [0.717, 1.165) is 37.1 Å². The van der Waals surface area contributed by atoms with Gasteiger partial charge in [0.15, 0.2) is 0 Å². The quantitative estimate of drug-likeness (QED) is 0.907. The van der Waals surface area contributed by atoms with E-state index < -0.39 is 6.04 Å². The molecule has 1 aliphatic rings. The Balaban J connectivity index is 2.18. The summed E-state index contributed by atoms with van der Waals surface area (Å²) in [7, 11) is 1.66. The fourth-order valence-electron chi connectivity index (χ4n) is 2.91. The average molecular weight is 290 g/mol. The molecule has 0 saturated carbocycles. The molecule has 0 spiro atoms. The minimum absolute atomic E-state index is 0.0784. The fourth-order valence-corrected chi connectivity index (χ4v) is 2.91. The molecule has 0 radical (unpaired) electrons. The summed E-state index contributed by atoms with van der Waals surface area (Å²) in [5, 5.41) is 0. The first-order valence-corrected chi connectivity index (χ1v) is 7.78. The van der Waals surface area contributed by atoms with Gasteiger partial charge in [0.2, 0.25) is 5.91 Å². The van der Waals surface area contributed by atoms with Gasteiger partial charge in [0.05, 0.1) is 19.2 Å². The van der Waals surface area contributed by atoms with E-state index in [1.54, 1.807) is 7.11 Å². The Morgan fingerprint density at radius 3 is 2.95 bits per heavy atom. The van der Waals surface area contributed by atoms with Crippen molar-refractivity contribution in [3.05, 3.63) is 29.8 Å².